The van der Waals surface area contributed by atoms with Crippen LogP contribution in [0.5, 0.6) is 0 Å². The number of nitro groups is 1. The van der Waals surface area contributed by atoms with E-state index in [0.717, 1.165) is 19.5 Å². The minimum atomic E-state index is -0.592. The van der Waals surface area contributed by atoms with Crippen LogP contribution in [0.4, 0.5) is 5.69 Å². The molecule has 0 bridgehead atoms. The Labute approximate surface area is 175 Å². The highest BCUT2D eigenvalue weighted by Gasteiger charge is 2.29. The molecule has 0 unspecified atom stereocenters. The van der Waals surface area contributed by atoms with Crippen LogP contribution in [-0.2, 0) is 4.79 Å². The fourth-order valence-corrected chi connectivity index (χ4v) is 4.42. The summed E-state index contributed by atoms with van der Waals surface area (Å²) in [4.78, 5) is 41.5. The number of rotatable bonds is 4. The first-order valence-corrected chi connectivity index (χ1v) is 10.4. The van der Waals surface area contributed by atoms with Crippen LogP contribution in [0.1, 0.15) is 30.6 Å². The number of nitro benzene ring substituents is 1. The molecule has 2 saturated heterocycles. The first kappa shape index (κ1) is 21.5. The van der Waals surface area contributed by atoms with E-state index in [2.05, 4.69) is 18.7 Å². The smallest absolute Gasteiger partial charge is 0.288 e. The molecule has 0 spiro atoms. The Morgan fingerprint density at radius 3 is 2.31 bits per heavy atom. The Bertz CT molecular complexity index is 785. The van der Waals surface area contributed by atoms with Crippen molar-refractivity contribution in [1.82, 2.24) is 14.7 Å². The van der Waals surface area contributed by atoms with E-state index in [1.807, 2.05) is 4.90 Å². The van der Waals surface area contributed by atoms with Gasteiger partial charge in [0.1, 0.15) is 5.02 Å². The number of carbonyl (C=O) groups is 2. The Morgan fingerprint density at radius 1 is 1.10 bits per heavy atom. The Kier molecular flexibility index (Phi) is 6.74. The number of piperazine rings is 1. The predicted molar refractivity (Wildman–Crippen MR) is 110 cm³/mol. The first-order valence-electron chi connectivity index (χ1n) is 9.98. The average Bonchev–Trinajstić information content (AvgIpc) is 2.67. The van der Waals surface area contributed by atoms with E-state index >= 15 is 0 Å². The Morgan fingerprint density at radius 2 is 1.72 bits per heavy atom. The first-order chi connectivity index (χ1) is 13.7. The van der Waals surface area contributed by atoms with Crippen LogP contribution in [0.15, 0.2) is 18.2 Å². The van der Waals surface area contributed by atoms with Gasteiger partial charge >= 0.3 is 0 Å². The van der Waals surface area contributed by atoms with Crippen molar-refractivity contribution in [2.24, 2.45) is 11.8 Å². The van der Waals surface area contributed by atoms with Gasteiger partial charge in [0.25, 0.3) is 11.6 Å². The van der Waals surface area contributed by atoms with Gasteiger partial charge in [-0.15, -0.1) is 0 Å². The van der Waals surface area contributed by atoms with Crippen LogP contribution in [0.3, 0.4) is 0 Å². The van der Waals surface area contributed by atoms with E-state index < -0.39 is 4.92 Å². The largest absolute Gasteiger partial charge is 0.341 e. The van der Waals surface area contributed by atoms with Gasteiger partial charge in [0.05, 0.1) is 11.5 Å². The van der Waals surface area contributed by atoms with Crippen LogP contribution < -0.4 is 0 Å². The van der Waals surface area contributed by atoms with E-state index in [1.165, 1.54) is 18.2 Å². The van der Waals surface area contributed by atoms with Crippen molar-refractivity contribution in [2.75, 3.05) is 45.8 Å². The minimum Gasteiger partial charge on any atom is -0.341 e. The molecule has 2 aliphatic heterocycles. The van der Waals surface area contributed by atoms with E-state index in [1.54, 1.807) is 4.90 Å². The van der Waals surface area contributed by atoms with Crippen LogP contribution >= 0.6 is 11.6 Å². The van der Waals surface area contributed by atoms with E-state index in [0.29, 0.717) is 44.6 Å². The number of amides is 2. The van der Waals surface area contributed by atoms with E-state index in [-0.39, 0.29) is 28.1 Å². The summed E-state index contributed by atoms with van der Waals surface area (Å²) < 4.78 is 0. The summed E-state index contributed by atoms with van der Waals surface area (Å²) in [5, 5.41) is 11.1. The molecule has 29 heavy (non-hydrogen) atoms. The number of halogens is 1. The second kappa shape index (κ2) is 9.09. The molecule has 2 fully saturated rings. The quantitative estimate of drug-likeness (QED) is 0.549. The van der Waals surface area contributed by atoms with Crippen molar-refractivity contribution >= 4 is 29.1 Å². The lowest BCUT2D eigenvalue weighted by Crippen LogP contribution is -2.53. The standard InChI is InChI=1S/C20H27ClN4O4/c1-14-9-15(2)12-24(11-14)19(26)13-22-5-7-23(8-6-22)20(27)16-3-4-17(21)18(10-16)25(28)29/h3-4,10,14-15H,5-9,11-13H2,1-2H3/t14-,15-/m1/s1. The lowest BCUT2D eigenvalue weighted by Gasteiger charge is -2.38. The molecule has 158 valence electrons. The van der Waals surface area contributed by atoms with Crippen molar-refractivity contribution in [2.45, 2.75) is 20.3 Å². The maximum absolute atomic E-state index is 12.7. The Balaban J connectivity index is 1.54. The van der Waals surface area contributed by atoms with Crippen LogP contribution in [-0.4, -0.2) is 77.3 Å². The molecule has 0 saturated carbocycles. The Hall–Kier alpha value is -2.19. The average molecular weight is 423 g/mol. The van der Waals surface area contributed by atoms with Gasteiger partial charge in [-0.05, 0) is 30.4 Å². The maximum atomic E-state index is 12.7. The van der Waals surface area contributed by atoms with Gasteiger partial charge in [0.15, 0.2) is 0 Å². The summed E-state index contributed by atoms with van der Waals surface area (Å²) in [5.41, 5.74) is -0.0198. The zero-order chi connectivity index (χ0) is 21.1. The number of benzene rings is 1. The van der Waals surface area contributed by atoms with Crippen LogP contribution in [0.25, 0.3) is 0 Å². The van der Waals surface area contributed by atoms with Gasteiger partial charge in [-0.2, -0.15) is 0 Å². The lowest BCUT2D eigenvalue weighted by atomic mass is 9.92. The molecule has 2 heterocycles. The molecular formula is C20H27ClN4O4. The summed E-state index contributed by atoms with van der Waals surface area (Å²) in [7, 11) is 0. The monoisotopic (exact) mass is 422 g/mol. The van der Waals surface area contributed by atoms with Gasteiger partial charge in [0, 0.05) is 50.9 Å². The molecule has 2 amide bonds. The topological polar surface area (TPSA) is 87.0 Å². The highest BCUT2D eigenvalue weighted by Crippen LogP contribution is 2.26. The fourth-order valence-electron chi connectivity index (χ4n) is 4.24. The SMILES string of the molecule is C[C@@H]1C[C@@H](C)CN(C(=O)CN2CCN(C(=O)c3ccc(Cl)c([N+](=O)[O-])c3)CC2)C1. The molecule has 8 nitrogen and oxygen atoms in total. The van der Waals surface area contributed by atoms with Gasteiger partial charge in [0.2, 0.25) is 5.91 Å². The van der Waals surface area contributed by atoms with Crippen molar-refractivity contribution in [3.05, 3.63) is 38.9 Å². The molecule has 1 aromatic carbocycles. The summed E-state index contributed by atoms with van der Waals surface area (Å²) in [6.45, 7) is 8.54. The number of likely N-dealkylation sites (tertiary alicyclic amines) is 1. The fraction of sp³-hybridized carbons (Fsp3) is 0.600. The molecule has 2 atom stereocenters. The number of nitrogens with zero attached hydrogens (tertiary/aromatic N) is 4. The summed E-state index contributed by atoms with van der Waals surface area (Å²) in [5.74, 6) is 0.951. The van der Waals surface area contributed by atoms with Gasteiger partial charge < -0.3 is 9.80 Å². The van der Waals surface area contributed by atoms with E-state index in [4.69, 9.17) is 11.6 Å². The molecule has 1 aromatic rings. The second-order valence-corrected chi connectivity index (χ2v) is 8.64. The third-order valence-corrected chi connectivity index (χ3v) is 5.95. The highest BCUT2D eigenvalue weighted by molar-refractivity contribution is 6.32. The van der Waals surface area contributed by atoms with E-state index in [9.17, 15) is 19.7 Å². The summed E-state index contributed by atoms with van der Waals surface area (Å²) >= 11 is 5.82. The molecule has 0 aliphatic carbocycles. The summed E-state index contributed by atoms with van der Waals surface area (Å²) in [6.07, 6.45) is 1.16. The van der Waals surface area contributed by atoms with Crippen molar-refractivity contribution in [1.29, 1.82) is 0 Å². The van der Waals surface area contributed by atoms with Crippen molar-refractivity contribution in [3.8, 4) is 0 Å². The molecule has 0 N–H and O–H groups in total. The second-order valence-electron chi connectivity index (χ2n) is 8.24. The number of hydrogen-bond donors (Lipinski definition) is 0. The minimum absolute atomic E-state index is 0.0104. The molecule has 2 aliphatic rings. The summed E-state index contributed by atoms with van der Waals surface area (Å²) in [6, 6.07) is 4.11. The zero-order valence-corrected chi connectivity index (χ0v) is 17.6. The molecule has 9 heteroatoms. The predicted octanol–water partition coefficient (Wildman–Crippen LogP) is 2.51. The zero-order valence-electron chi connectivity index (χ0n) is 16.8. The van der Waals surface area contributed by atoms with Gasteiger partial charge in [-0.1, -0.05) is 25.4 Å². The molecule has 3 rings (SSSR count). The van der Waals surface area contributed by atoms with Gasteiger partial charge in [-0.25, -0.2) is 0 Å². The third-order valence-electron chi connectivity index (χ3n) is 5.63. The van der Waals surface area contributed by atoms with Crippen LogP contribution in [0.2, 0.25) is 5.02 Å². The van der Waals surface area contributed by atoms with Crippen LogP contribution in [0, 0.1) is 22.0 Å². The lowest BCUT2D eigenvalue weighted by molar-refractivity contribution is -0.384. The van der Waals surface area contributed by atoms with Gasteiger partial charge in [-0.3, -0.25) is 24.6 Å². The third kappa shape index (κ3) is 5.25. The highest BCUT2D eigenvalue weighted by atomic mass is 35.5. The maximum Gasteiger partial charge on any atom is 0.288 e. The van der Waals surface area contributed by atoms with Crippen molar-refractivity contribution in [3.63, 3.8) is 0 Å². The number of carbonyl (C=O) groups excluding carboxylic acids is 2. The number of hydrogen-bond acceptors (Lipinski definition) is 5. The molecule has 0 aromatic heterocycles. The molecule has 0 radical (unpaired) electrons. The number of piperidine rings is 1. The van der Waals surface area contributed by atoms with Crippen molar-refractivity contribution < 1.29 is 14.5 Å². The normalized spacial score (nSPS) is 23.1. The molecular weight excluding hydrogens is 396 g/mol.